The smallest absolute Gasteiger partial charge is 0.412 e. The Balaban J connectivity index is 2.31. The van der Waals surface area contributed by atoms with Crippen molar-refractivity contribution < 1.29 is 47.3 Å². The third-order valence-corrected chi connectivity index (χ3v) is 4.72. The highest BCUT2D eigenvalue weighted by atomic mass is 19.1. The number of anilines is 1. The van der Waals surface area contributed by atoms with Crippen molar-refractivity contribution in [2.75, 3.05) is 18.5 Å². The number of rotatable bonds is 10. The number of nitrogens with zero attached hydrogens (tertiary/aromatic N) is 2. The van der Waals surface area contributed by atoms with Crippen LogP contribution in [0.3, 0.4) is 0 Å². The highest BCUT2D eigenvalue weighted by Gasteiger charge is 2.51. The van der Waals surface area contributed by atoms with E-state index in [1.807, 2.05) is 6.92 Å². The minimum Gasteiger partial charge on any atom is -0.463 e. The van der Waals surface area contributed by atoms with Gasteiger partial charge in [0.25, 0.3) is 0 Å². The fourth-order valence-corrected chi connectivity index (χ4v) is 3.28. The molecule has 1 aliphatic rings. The second-order valence-corrected chi connectivity index (χ2v) is 7.61. The number of carbonyl (C=O) groups excluding carboxylic acids is 4. The Hall–Kier alpha value is -3.55. The van der Waals surface area contributed by atoms with Crippen LogP contribution in [0.25, 0.3) is 0 Å². The summed E-state index contributed by atoms with van der Waals surface area (Å²) in [5.41, 5.74) is -1.08. The van der Waals surface area contributed by atoms with Crippen LogP contribution in [0.5, 0.6) is 0 Å². The largest absolute Gasteiger partial charge is 0.463 e. The van der Waals surface area contributed by atoms with E-state index < -0.39 is 72.5 Å². The van der Waals surface area contributed by atoms with E-state index in [0.29, 0.717) is 17.2 Å². The Morgan fingerprint density at radius 3 is 2.31 bits per heavy atom. The van der Waals surface area contributed by atoms with Gasteiger partial charge in [0.05, 0.1) is 12.8 Å². The van der Waals surface area contributed by atoms with Gasteiger partial charge in [-0.3, -0.25) is 24.3 Å². The normalized spacial score (nSPS) is 21.2. The van der Waals surface area contributed by atoms with Crippen molar-refractivity contribution in [3.05, 3.63) is 22.5 Å². The van der Waals surface area contributed by atoms with Gasteiger partial charge in [0.2, 0.25) is 0 Å². The maximum atomic E-state index is 14.7. The van der Waals surface area contributed by atoms with Gasteiger partial charge in [-0.1, -0.05) is 19.8 Å². The standard InChI is InChI=1S/C21H28FN3O10/c1-5-6-7-8-31-21(30)24-18-14(22)9-25(20(29)23-18)19-17(34-13(4)28)16(33-12(3)27)15(35-19)10-32-11(2)26/h9,15-17,19H,5-8,10H2,1-4H3,(H,23,24,29,30)/t15-,16-,17-,19-/m1/s1. The number of amides is 1. The van der Waals surface area contributed by atoms with Crippen molar-refractivity contribution in [2.45, 2.75) is 71.5 Å². The van der Waals surface area contributed by atoms with Crippen LogP contribution >= 0.6 is 0 Å². The lowest BCUT2D eigenvalue weighted by molar-refractivity contribution is -0.166. The van der Waals surface area contributed by atoms with Crippen LogP contribution in [-0.4, -0.2) is 65.1 Å². The molecule has 13 nitrogen and oxygen atoms in total. The van der Waals surface area contributed by atoms with Crippen LogP contribution in [-0.2, 0) is 38.1 Å². The van der Waals surface area contributed by atoms with E-state index >= 15 is 0 Å². The number of carbonyl (C=O) groups is 4. The lowest BCUT2D eigenvalue weighted by Gasteiger charge is -2.24. The molecule has 194 valence electrons. The number of nitrogens with one attached hydrogen (secondary N) is 1. The Morgan fingerprint density at radius 2 is 1.71 bits per heavy atom. The average Bonchev–Trinajstić information content (AvgIpc) is 3.07. The number of hydrogen-bond acceptors (Lipinski definition) is 11. The summed E-state index contributed by atoms with van der Waals surface area (Å²) in [5, 5.41) is 2.05. The van der Waals surface area contributed by atoms with Crippen LogP contribution in [0.4, 0.5) is 15.0 Å². The molecule has 0 aliphatic carbocycles. The van der Waals surface area contributed by atoms with Gasteiger partial charge in [0, 0.05) is 20.8 Å². The molecule has 0 spiro atoms. The summed E-state index contributed by atoms with van der Waals surface area (Å²) in [7, 11) is 0. The highest BCUT2D eigenvalue weighted by Crippen LogP contribution is 2.34. The molecule has 0 bridgehead atoms. The predicted molar refractivity (Wildman–Crippen MR) is 115 cm³/mol. The second-order valence-electron chi connectivity index (χ2n) is 7.61. The number of unbranched alkanes of at least 4 members (excludes halogenated alkanes) is 2. The predicted octanol–water partition coefficient (Wildman–Crippen LogP) is 1.44. The summed E-state index contributed by atoms with van der Waals surface area (Å²) in [6.45, 7) is 4.98. The molecule has 2 rings (SSSR count). The molecule has 1 aliphatic heterocycles. The Bertz CT molecular complexity index is 998. The number of halogens is 1. The molecule has 1 amide bonds. The Labute approximate surface area is 199 Å². The molecule has 1 fully saturated rings. The van der Waals surface area contributed by atoms with Crippen molar-refractivity contribution in [3.8, 4) is 0 Å². The maximum Gasteiger partial charge on any atom is 0.412 e. The van der Waals surface area contributed by atoms with Gasteiger partial charge >= 0.3 is 29.7 Å². The van der Waals surface area contributed by atoms with Crippen LogP contribution in [0, 0.1) is 5.82 Å². The molecule has 2 heterocycles. The monoisotopic (exact) mass is 501 g/mol. The van der Waals surface area contributed by atoms with Gasteiger partial charge in [-0.05, 0) is 6.42 Å². The van der Waals surface area contributed by atoms with E-state index in [-0.39, 0.29) is 6.61 Å². The molecule has 0 radical (unpaired) electrons. The van der Waals surface area contributed by atoms with Crippen LogP contribution in [0.1, 0.15) is 53.2 Å². The molecule has 0 unspecified atom stereocenters. The lowest BCUT2D eigenvalue weighted by Crippen LogP contribution is -2.42. The quantitative estimate of drug-likeness (QED) is 0.280. The first kappa shape index (κ1) is 27.7. The molecule has 0 aromatic carbocycles. The Morgan fingerprint density at radius 1 is 1.06 bits per heavy atom. The molecular weight excluding hydrogens is 473 g/mol. The van der Waals surface area contributed by atoms with E-state index in [0.717, 1.165) is 33.6 Å². The molecule has 1 aromatic rings. The minimum absolute atomic E-state index is 0.111. The van der Waals surface area contributed by atoms with Crippen LogP contribution in [0.15, 0.2) is 11.0 Å². The zero-order valence-electron chi connectivity index (χ0n) is 19.8. The summed E-state index contributed by atoms with van der Waals surface area (Å²) in [4.78, 5) is 62.6. The van der Waals surface area contributed by atoms with Gasteiger partial charge in [-0.25, -0.2) is 14.0 Å². The molecule has 0 saturated carbocycles. The first-order valence-electron chi connectivity index (χ1n) is 10.9. The topological polar surface area (TPSA) is 161 Å². The Kier molecular flexibility index (Phi) is 10.1. The molecule has 1 N–H and O–H groups in total. The summed E-state index contributed by atoms with van der Waals surface area (Å²) >= 11 is 0. The molecule has 1 aromatic heterocycles. The van der Waals surface area contributed by atoms with Gasteiger partial charge in [0.1, 0.15) is 12.7 Å². The van der Waals surface area contributed by atoms with Crippen LogP contribution in [0.2, 0.25) is 0 Å². The molecule has 35 heavy (non-hydrogen) atoms. The molecule has 4 atom stereocenters. The van der Waals surface area contributed by atoms with Crippen LogP contribution < -0.4 is 11.0 Å². The number of aromatic nitrogens is 2. The summed E-state index contributed by atoms with van der Waals surface area (Å²) in [6.07, 6.45) is -3.26. The van der Waals surface area contributed by atoms with Gasteiger partial charge in [-0.15, -0.1) is 0 Å². The summed E-state index contributed by atoms with van der Waals surface area (Å²) in [6, 6.07) is 0. The fraction of sp³-hybridized carbons (Fsp3) is 0.619. The molecule has 14 heteroatoms. The summed E-state index contributed by atoms with van der Waals surface area (Å²) in [5.74, 6) is -4.03. The number of ether oxygens (including phenoxy) is 5. The van der Waals surface area contributed by atoms with Gasteiger partial charge < -0.3 is 23.7 Å². The number of esters is 3. The van der Waals surface area contributed by atoms with Crippen molar-refractivity contribution in [1.29, 1.82) is 0 Å². The zero-order chi connectivity index (χ0) is 26.1. The number of hydrogen-bond donors (Lipinski definition) is 1. The molecular formula is C21H28FN3O10. The van der Waals surface area contributed by atoms with E-state index in [2.05, 4.69) is 10.3 Å². The van der Waals surface area contributed by atoms with Gasteiger partial charge in [-0.2, -0.15) is 4.98 Å². The third kappa shape index (κ3) is 8.02. The van der Waals surface area contributed by atoms with Crippen molar-refractivity contribution >= 4 is 29.8 Å². The van der Waals surface area contributed by atoms with E-state index in [1.54, 1.807) is 0 Å². The first-order chi connectivity index (χ1) is 16.5. The third-order valence-electron chi connectivity index (χ3n) is 4.72. The lowest BCUT2D eigenvalue weighted by atomic mass is 10.1. The minimum atomic E-state index is -1.49. The highest BCUT2D eigenvalue weighted by molar-refractivity contribution is 5.83. The zero-order valence-corrected chi connectivity index (χ0v) is 19.8. The van der Waals surface area contributed by atoms with Crippen molar-refractivity contribution in [1.82, 2.24) is 9.55 Å². The first-order valence-corrected chi connectivity index (χ1v) is 10.9. The maximum absolute atomic E-state index is 14.7. The van der Waals surface area contributed by atoms with Gasteiger partial charge in [0.15, 0.2) is 30.1 Å². The SMILES string of the molecule is CCCCCOC(=O)Nc1nc(=O)n([C@@H]2O[C@H](COC(C)=O)[C@@H](OC(C)=O)[C@H]2OC(C)=O)cc1F. The van der Waals surface area contributed by atoms with E-state index in [9.17, 15) is 28.4 Å². The fourth-order valence-electron chi connectivity index (χ4n) is 3.28. The van der Waals surface area contributed by atoms with Crippen molar-refractivity contribution in [3.63, 3.8) is 0 Å². The summed E-state index contributed by atoms with van der Waals surface area (Å²) < 4.78 is 41.3. The van der Waals surface area contributed by atoms with Crippen molar-refractivity contribution in [2.24, 2.45) is 0 Å². The second kappa shape index (κ2) is 12.8. The average molecular weight is 501 g/mol. The van der Waals surface area contributed by atoms with E-state index in [1.165, 1.54) is 0 Å². The van der Waals surface area contributed by atoms with E-state index in [4.69, 9.17) is 23.7 Å². The molecule has 1 saturated heterocycles.